The van der Waals surface area contributed by atoms with Crippen LogP contribution in [0, 0.1) is 10.8 Å². The molecule has 0 bridgehead atoms. The van der Waals surface area contributed by atoms with Gasteiger partial charge in [-0.1, -0.05) is 115 Å². The van der Waals surface area contributed by atoms with Gasteiger partial charge in [0.2, 0.25) is 35.4 Å². The number of carbonyl (C=O) groups is 6. The lowest BCUT2D eigenvalue weighted by molar-refractivity contribution is -0.144. The third-order valence-corrected chi connectivity index (χ3v) is 19.5. The number of unbranched alkanes of at least 4 members (excludes halogenated alkanes) is 7. The molecule has 4 aliphatic heterocycles. The average Bonchev–Trinajstić information content (AvgIpc) is 4.07. The molecule has 4 saturated heterocycles. The van der Waals surface area contributed by atoms with Crippen molar-refractivity contribution in [3.05, 3.63) is 70.8 Å². The van der Waals surface area contributed by atoms with E-state index in [1.165, 1.54) is 11.1 Å². The Balaban J connectivity index is 0.762. The van der Waals surface area contributed by atoms with Crippen molar-refractivity contribution in [2.45, 2.75) is 203 Å². The zero-order valence-electron chi connectivity index (χ0n) is 46.3. The summed E-state index contributed by atoms with van der Waals surface area (Å²) in [6.45, 7) is 13.0. The maximum Gasteiger partial charge on any atom is 0.246 e. The molecule has 2 aliphatic carbocycles. The second kappa shape index (κ2) is 25.7. The van der Waals surface area contributed by atoms with Crippen LogP contribution >= 0.6 is 23.5 Å². The summed E-state index contributed by atoms with van der Waals surface area (Å²) in [4.78, 5) is 86.7. The molecule has 0 aromatic heterocycles. The number of benzene rings is 2. The van der Waals surface area contributed by atoms with Crippen molar-refractivity contribution in [3.63, 3.8) is 0 Å². The van der Waals surface area contributed by atoms with E-state index in [4.69, 9.17) is 9.47 Å². The quantitative estimate of drug-likeness (QED) is 0.0704. The molecule has 2 aromatic rings. The van der Waals surface area contributed by atoms with E-state index in [-0.39, 0.29) is 70.5 Å². The van der Waals surface area contributed by atoms with Gasteiger partial charge in [-0.05, 0) is 111 Å². The number of fused-ring (bicyclic) bond motifs is 4. The number of hydrogen-bond acceptors (Lipinski definition) is 12. The molecule has 2 aromatic carbocycles. The highest BCUT2D eigenvalue weighted by atomic mass is 32.2. The van der Waals surface area contributed by atoms with Crippen LogP contribution in [0.25, 0.3) is 0 Å². The van der Waals surface area contributed by atoms with Crippen LogP contribution in [0.5, 0.6) is 0 Å². The molecule has 6 amide bonds. The van der Waals surface area contributed by atoms with Crippen LogP contribution in [-0.2, 0) is 51.1 Å². The van der Waals surface area contributed by atoms with Gasteiger partial charge in [0.1, 0.15) is 24.2 Å². The van der Waals surface area contributed by atoms with Crippen molar-refractivity contribution < 1.29 is 38.2 Å². The minimum Gasteiger partial charge on any atom is -0.375 e. The number of hydrogen-bond donors (Lipinski definition) is 6. The number of thioether (sulfide) groups is 2. The third-order valence-electron chi connectivity index (χ3n) is 17.0. The highest BCUT2D eigenvalue weighted by Crippen LogP contribution is 2.48. The minimum atomic E-state index is -0.683. The largest absolute Gasteiger partial charge is 0.375 e. The highest BCUT2D eigenvalue weighted by molar-refractivity contribution is 8.00. The fourth-order valence-electron chi connectivity index (χ4n) is 12.5. The number of nitrogens with one attached hydrogen (secondary N) is 6. The first-order chi connectivity index (χ1) is 36.4. The summed E-state index contributed by atoms with van der Waals surface area (Å²) < 4.78 is 13.2. The number of rotatable bonds is 23. The second-order valence-corrected chi connectivity index (χ2v) is 26.0. The van der Waals surface area contributed by atoms with Crippen LogP contribution < -0.4 is 31.9 Å². The van der Waals surface area contributed by atoms with Gasteiger partial charge in [0, 0.05) is 26.1 Å². The van der Waals surface area contributed by atoms with E-state index in [2.05, 4.69) is 83.9 Å². The topological polar surface area (TPSA) is 200 Å². The normalized spacial score (nSPS) is 29.1. The molecular weight excluding hydrogens is 1000 g/mol. The van der Waals surface area contributed by atoms with Crippen molar-refractivity contribution >= 4 is 59.0 Å². The van der Waals surface area contributed by atoms with E-state index < -0.39 is 47.1 Å². The van der Waals surface area contributed by atoms with Crippen molar-refractivity contribution in [1.82, 2.24) is 41.7 Å². The second-order valence-electron chi connectivity index (χ2n) is 23.5. The Morgan fingerprint density at radius 2 is 0.947 bits per heavy atom. The van der Waals surface area contributed by atoms with Crippen LogP contribution in [0.1, 0.15) is 153 Å². The Morgan fingerprint density at radius 1 is 0.579 bits per heavy atom. The molecule has 18 heteroatoms. The zero-order valence-corrected chi connectivity index (χ0v) is 47.9. The summed E-state index contributed by atoms with van der Waals surface area (Å²) in [5, 5.41) is 18.3. The SMILES string of the molecule is CN[C@@H](C)C(=O)N[C@H]1CCS[C@H]2CC(C)(C)[C@@H](C(=O)N[C@H]3c4ccccc4C[C@H]3OCCCCCCCCCCO[C@@H]3Cc4ccccc4[C@@H]3NC(=O)[C@H]3N4C(=O)[C@@H](NC(=O)[C@H](C)NC)CCS[C@H]4CC3(C)C)N2C1=O. The van der Waals surface area contributed by atoms with Crippen molar-refractivity contribution in [1.29, 1.82) is 0 Å². The van der Waals surface area contributed by atoms with E-state index in [1.807, 2.05) is 24.3 Å². The molecule has 6 N–H and O–H groups in total. The monoisotopic (exact) mass is 1090 g/mol. The summed E-state index contributed by atoms with van der Waals surface area (Å²) in [6.07, 6.45) is 11.9. The molecular formula is C58H86N8O8S2. The van der Waals surface area contributed by atoms with Gasteiger partial charge in [-0.15, -0.1) is 23.5 Å². The molecule has 76 heavy (non-hydrogen) atoms. The van der Waals surface area contributed by atoms with Crippen LogP contribution in [0.15, 0.2) is 48.5 Å². The fraction of sp³-hybridized carbons (Fsp3) is 0.690. The predicted molar refractivity (Wildman–Crippen MR) is 299 cm³/mol. The van der Waals surface area contributed by atoms with Crippen LogP contribution in [-0.4, -0.2) is 143 Å². The van der Waals surface area contributed by atoms with E-state index in [1.54, 1.807) is 61.3 Å². The summed E-state index contributed by atoms with van der Waals surface area (Å²) in [5.74, 6) is 0.244. The predicted octanol–water partition coefficient (Wildman–Crippen LogP) is 6.07. The van der Waals surface area contributed by atoms with Gasteiger partial charge < -0.3 is 51.2 Å². The molecule has 0 unspecified atom stereocenters. The molecule has 418 valence electrons. The molecule has 8 rings (SSSR count). The molecule has 16 nitrogen and oxygen atoms in total. The third kappa shape index (κ3) is 13.1. The minimum absolute atomic E-state index is 0.138. The number of carbonyl (C=O) groups excluding carboxylic acids is 6. The Kier molecular flexibility index (Phi) is 19.6. The van der Waals surface area contributed by atoms with Gasteiger partial charge >= 0.3 is 0 Å². The molecule has 0 spiro atoms. The molecule has 12 atom stereocenters. The summed E-state index contributed by atoms with van der Waals surface area (Å²) in [5.41, 5.74) is 3.53. The Morgan fingerprint density at radius 3 is 1.33 bits per heavy atom. The van der Waals surface area contributed by atoms with Gasteiger partial charge in [0.25, 0.3) is 0 Å². The van der Waals surface area contributed by atoms with Crippen molar-refractivity contribution in [2.75, 3.05) is 38.8 Å². The molecule has 0 radical (unpaired) electrons. The Bertz CT molecular complexity index is 2230. The first-order valence-electron chi connectivity index (χ1n) is 28.3. The zero-order chi connectivity index (χ0) is 54.3. The Labute approximate surface area is 460 Å². The molecule has 6 aliphatic rings. The van der Waals surface area contributed by atoms with Gasteiger partial charge in [0.15, 0.2) is 0 Å². The first kappa shape index (κ1) is 58.0. The maximum absolute atomic E-state index is 14.5. The highest BCUT2D eigenvalue weighted by Gasteiger charge is 2.57. The summed E-state index contributed by atoms with van der Waals surface area (Å²) >= 11 is 3.39. The number of likely N-dealkylation sites (N-methyl/N-ethyl adjacent to an activating group) is 2. The molecule has 4 fully saturated rings. The van der Waals surface area contributed by atoms with E-state index >= 15 is 0 Å². The van der Waals surface area contributed by atoms with Gasteiger partial charge in [-0.2, -0.15) is 0 Å². The maximum atomic E-state index is 14.5. The van der Waals surface area contributed by atoms with Crippen molar-refractivity contribution in [3.8, 4) is 0 Å². The first-order valence-corrected chi connectivity index (χ1v) is 30.4. The Hall–Kier alpha value is -4.20. The van der Waals surface area contributed by atoms with E-state index in [0.29, 0.717) is 51.7 Å². The molecule has 4 heterocycles. The fourth-order valence-corrected chi connectivity index (χ4v) is 15.7. The van der Waals surface area contributed by atoms with E-state index in [0.717, 1.165) is 74.0 Å². The van der Waals surface area contributed by atoms with Crippen LogP contribution in [0.3, 0.4) is 0 Å². The van der Waals surface area contributed by atoms with Crippen LogP contribution in [0.2, 0.25) is 0 Å². The number of nitrogens with zero attached hydrogens (tertiary/aromatic N) is 2. The van der Waals surface area contributed by atoms with Crippen molar-refractivity contribution in [2.24, 2.45) is 10.8 Å². The van der Waals surface area contributed by atoms with Crippen LogP contribution in [0.4, 0.5) is 0 Å². The summed E-state index contributed by atoms with van der Waals surface area (Å²) in [6, 6.07) is 12.2. The van der Waals surface area contributed by atoms with E-state index in [9.17, 15) is 28.8 Å². The number of amides is 6. The van der Waals surface area contributed by atoms with Gasteiger partial charge in [-0.3, -0.25) is 28.8 Å². The lowest BCUT2D eigenvalue weighted by Crippen LogP contribution is -2.58. The lowest BCUT2D eigenvalue weighted by atomic mass is 9.83. The summed E-state index contributed by atoms with van der Waals surface area (Å²) in [7, 11) is 3.43. The van der Waals surface area contributed by atoms with Gasteiger partial charge in [-0.25, -0.2) is 0 Å². The van der Waals surface area contributed by atoms with Gasteiger partial charge in [0.05, 0.1) is 47.1 Å². The average molecular weight is 1090 g/mol. The lowest BCUT2D eigenvalue weighted by Gasteiger charge is -2.35. The number of ether oxygens (including phenoxy) is 2. The standard InChI is InChI=1S/C58H86N8O8S2/c1-35(59-7)51(67)61-41-25-29-75-45-33-57(3,4)49(65(45)55(41)71)53(69)63-47-39-23-17-15-21-37(39)31-43(47)73-27-19-13-11-9-10-12-14-20-28-74-44-32-38-22-16-18-24-40(38)48(44)64-54(70)50-58(5,6)34-46-66(50)56(72)42(26-30-76-46)62-52(68)36(2)60-8/h15-18,21-24,35-36,41-50,59-60H,9-14,19-20,25-34H2,1-8H3,(H,61,67)(H,62,68)(H,63,69)(H,64,70)/t35-,36-,41-,42-,43+,44+,45-,46-,47-,48-,49+,50+/m0/s1. The molecule has 0 saturated carbocycles. The smallest absolute Gasteiger partial charge is 0.246 e.